The second-order valence-electron chi connectivity index (χ2n) is 6.70. The van der Waals surface area contributed by atoms with E-state index >= 15 is 0 Å². The van der Waals surface area contributed by atoms with Gasteiger partial charge < -0.3 is 0 Å². The van der Waals surface area contributed by atoms with Crippen molar-refractivity contribution in [2.75, 3.05) is 11.4 Å². The third-order valence-electron chi connectivity index (χ3n) is 4.28. The molecule has 0 atom stereocenters. The largest absolute Gasteiger partial charge is 0.274 e. The zero-order valence-electron chi connectivity index (χ0n) is 15.2. The van der Waals surface area contributed by atoms with Crippen LogP contribution >= 0.6 is 11.3 Å². The van der Waals surface area contributed by atoms with E-state index < -0.39 is 10.0 Å². The van der Waals surface area contributed by atoms with E-state index in [0.717, 1.165) is 17.8 Å². The predicted molar refractivity (Wildman–Crippen MR) is 107 cm³/mol. The summed E-state index contributed by atoms with van der Waals surface area (Å²) >= 11 is 1.18. The second kappa shape index (κ2) is 6.58. The van der Waals surface area contributed by atoms with Crippen molar-refractivity contribution < 1.29 is 8.42 Å². The van der Waals surface area contributed by atoms with Gasteiger partial charge in [0, 0.05) is 13.5 Å². The van der Waals surface area contributed by atoms with Crippen molar-refractivity contribution in [2.24, 2.45) is 5.92 Å². The highest BCUT2D eigenvalue weighted by molar-refractivity contribution is 7.94. The van der Waals surface area contributed by atoms with Crippen LogP contribution in [-0.4, -0.2) is 35.0 Å². The first kappa shape index (κ1) is 17.9. The normalized spacial score (nSPS) is 12.3. The van der Waals surface area contributed by atoms with E-state index in [1.807, 2.05) is 28.7 Å². The van der Waals surface area contributed by atoms with Gasteiger partial charge in [-0.05, 0) is 29.5 Å². The van der Waals surface area contributed by atoms with Gasteiger partial charge in [-0.3, -0.25) is 4.40 Å². The van der Waals surface area contributed by atoms with Crippen LogP contribution < -0.4 is 4.31 Å². The van der Waals surface area contributed by atoms with Crippen LogP contribution in [0.4, 0.5) is 5.82 Å². The molecule has 0 spiro atoms. The number of thiophene rings is 1. The van der Waals surface area contributed by atoms with Gasteiger partial charge >= 0.3 is 0 Å². The molecular formula is C18H19N5O2S2. The van der Waals surface area contributed by atoms with Gasteiger partial charge in [-0.2, -0.15) is 0 Å². The van der Waals surface area contributed by atoms with Gasteiger partial charge in [0.15, 0.2) is 5.82 Å². The first-order valence-corrected chi connectivity index (χ1v) is 10.9. The van der Waals surface area contributed by atoms with Gasteiger partial charge in [-0.15, -0.1) is 21.5 Å². The average Bonchev–Trinajstić information content (AvgIpc) is 3.31. The lowest BCUT2D eigenvalue weighted by molar-refractivity contribution is 0.596. The molecule has 0 saturated heterocycles. The van der Waals surface area contributed by atoms with Crippen molar-refractivity contribution in [2.45, 2.75) is 24.5 Å². The first-order valence-electron chi connectivity index (χ1n) is 8.55. The smallest absolute Gasteiger partial charge is 0.274 e. The summed E-state index contributed by atoms with van der Waals surface area (Å²) in [6.07, 6.45) is 0.732. The standard InChI is InChI=1S/C18H19N5O2S2/c1-12(2)11-15-20-21-18-17(19-13-7-4-5-8-14(13)23(15)18)22(3)27(24,25)16-9-6-10-26-16/h4-10,12H,11H2,1-3H3. The van der Waals surface area contributed by atoms with Crippen LogP contribution in [0.5, 0.6) is 0 Å². The van der Waals surface area contributed by atoms with Crippen LogP contribution in [0, 0.1) is 5.92 Å². The fraction of sp³-hybridized carbons (Fsp3) is 0.278. The Morgan fingerprint density at radius 1 is 1.15 bits per heavy atom. The van der Waals surface area contributed by atoms with E-state index in [9.17, 15) is 8.42 Å². The Morgan fingerprint density at radius 3 is 2.63 bits per heavy atom. The molecule has 0 unspecified atom stereocenters. The van der Waals surface area contributed by atoms with Crippen molar-refractivity contribution in [1.29, 1.82) is 0 Å². The molecule has 3 heterocycles. The van der Waals surface area contributed by atoms with Gasteiger partial charge in [0.2, 0.25) is 5.65 Å². The number of hydrogen-bond acceptors (Lipinski definition) is 6. The molecular weight excluding hydrogens is 382 g/mol. The van der Waals surface area contributed by atoms with Crippen molar-refractivity contribution in [3.05, 3.63) is 47.6 Å². The molecule has 4 rings (SSSR count). The Kier molecular flexibility index (Phi) is 4.35. The monoisotopic (exact) mass is 401 g/mol. The molecule has 0 N–H and O–H groups in total. The lowest BCUT2D eigenvalue weighted by Gasteiger charge is -2.19. The minimum Gasteiger partial charge on any atom is -0.274 e. The third kappa shape index (κ3) is 2.96. The van der Waals surface area contributed by atoms with Gasteiger partial charge in [0.05, 0.1) is 11.0 Å². The minimum atomic E-state index is -3.71. The molecule has 0 radical (unpaired) electrons. The number of benzene rings is 1. The van der Waals surface area contributed by atoms with Gasteiger partial charge in [0.1, 0.15) is 10.0 Å². The molecule has 9 heteroatoms. The Labute approximate surface area is 161 Å². The predicted octanol–water partition coefficient (Wildman–Crippen LogP) is 3.36. The summed E-state index contributed by atoms with van der Waals surface area (Å²) in [6.45, 7) is 4.22. The summed E-state index contributed by atoms with van der Waals surface area (Å²) in [5, 5.41) is 10.4. The number of fused-ring (bicyclic) bond motifs is 3. The number of anilines is 1. The Morgan fingerprint density at radius 2 is 1.93 bits per heavy atom. The molecule has 0 aliphatic carbocycles. The Hall–Kier alpha value is -2.52. The van der Waals surface area contributed by atoms with Crippen molar-refractivity contribution in [3.8, 4) is 0 Å². The molecule has 0 aliphatic rings. The maximum absolute atomic E-state index is 13.0. The summed E-state index contributed by atoms with van der Waals surface area (Å²) in [4.78, 5) is 4.60. The number of hydrogen-bond donors (Lipinski definition) is 0. The average molecular weight is 402 g/mol. The lowest BCUT2D eigenvalue weighted by Crippen LogP contribution is -2.27. The number of nitrogens with zero attached hydrogens (tertiary/aromatic N) is 5. The van der Waals surface area contributed by atoms with E-state index in [1.54, 1.807) is 17.5 Å². The molecule has 0 fully saturated rings. The summed E-state index contributed by atoms with van der Waals surface area (Å²) < 4.78 is 29.4. The second-order valence-corrected chi connectivity index (χ2v) is 9.85. The molecule has 0 saturated carbocycles. The van der Waals surface area contributed by atoms with E-state index in [-0.39, 0.29) is 10.0 Å². The Balaban J connectivity index is 1.99. The lowest BCUT2D eigenvalue weighted by atomic mass is 10.1. The quantitative estimate of drug-likeness (QED) is 0.512. The maximum atomic E-state index is 13.0. The highest BCUT2D eigenvalue weighted by Crippen LogP contribution is 2.29. The molecule has 4 aromatic rings. The highest BCUT2D eigenvalue weighted by atomic mass is 32.2. The number of aromatic nitrogens is 4. The topological polar surface area (TPSA) is 80.5 Å². The summed E-state index contributed by atoms with van der Waals surface area (Å²) in [6, 6.07) is 10.9. The zero-order chi connectivity index (χ0) is 19.2. The van der Waals surface area contributed by atoms with Crippen molar-refractivity contribution in [3.63, 3.8) is 0 Å². The summed E-state index contributed by atoms with van der Waals surface area (Å²) in [5.74, 6) is 1.45. The van der Waals surface area contributed by atoms with E-state index in [0.29, 0.717) is 17.1 Å². The van der Waals surface area contributed by atoms with Gasteiger partial charge in [-0.1, -0.05) is 32.0 Å². The van der Waals surface area contributed by atoms with Crippen LogP contribution in [-0.2, 0) is 16.4 Å². The highest BCUT2D eigenvalue weighted by Gasteiger charge is 2.27. The molecule has 3 aromatic heterocycles. The van der Waals surface area contributed by atoms with Crippen LogP contribution in [0.15, 0.2) is 46.0 Å². The number of rotatable bonds is 5. The zero-order valence-corrected chi connectivity index (χ0v) is 16.8. The first-order chi connectivity index (χ1) is 12.9. The summed E-state index contributed by atoms with van der Waals surface area (Å²) in [5.41, 5.74) is 1.99. The van der Waals surface area contributed by atoms with E-state index in [2.05, 4.69) is 29.0 Å². The van der Waals surface area contributed by atoms with Crippen LogP contribution in [0.3, 0.4) is 0 Å². The SMILES string of the molecule is CC(C)Cc1nnc2c(N(C)S(=O)(=O)c3cccs3)nc3ccccc3n12. The van der Waals surface area contributed by atoms with Gasteiger partial charge in [0.25, 0.3) is 10.0 Å². The molecule has 0 amide bonds. The summed E-state index contributed by atoms with van der Waals surface area (Å²) in [7, 11) is -2.21. The van der Waals surface area contributed by atoms with Crippen molar-refractivity contribution in [1.82, 2.24) is 19.6 Å². The molecule has 1 aromatic carbocycles. The van der Waals surface area contributed by atoms with Crippen molar-refractivity contribution >= 4 is 43.9 Å². The van der Waals surface area contributed by atoms with E-state index in [4.69, 9.17) is 0 Å². The van der Waals surface area contributed by atoms with Crippen LogP contribution in [0.2, 0.25) is 0 Å². The Bertz CT molecular complexity index is 1210. The molecule has 140 valence electrons. The molecule has 0 aliphatic heterocycles. The molecule has 7 nitrogen and oxygen atoms in total. The molecule has 27 heavy (non-hydrogen) atoms. The maximum Gasteiger partial charge on any atom is 0.274 e. The fourth-order valence-electron chi connectivity index (χ4n) is 2.99. The third-order valence-corrected chi connectivity index (χ3v) is 7.40. The minimum absolute atomic E-state index is 0.264. The van der Waals surface area contributed by atoms with E-state index in [1.165, 1.54) is 22.7 Å². The number of para-hydroxylation sites is 2. The van der Waals surface area contributed by atoms with Crippen LogP contribution in [0.1, 0.15) is 19.7 Å². The van der Waals surface area contributed by atoms with Gasteiger partial charge in [-0.25, -0.2) is 17.7 Å². The number of sulfonamides is 1. The molecule has 0 bridgehead atoms. The van der Waals surface area contributed by atoms with Crippen LogP contribution in [0.25, 0.3) is 16.7 Å². The fourth-order valence-corrected chi connectivity index (χ4v) is 5.30.